The highest BCUT2D eigenvalue weighted by Gasteiger charge is 2.27. The van der Waals surface area contributed by atoms with Crippen LogP contribution in [0.1, 0.15) is 19.3 Å². The van der Waals surface area contributed by atoms with E-state index in [0.717, 1.165) is 19.3 Å². The van der Waals surface area contributed by atoms with Crippen molar-refractivity contribution in [2.24, 2.45) is 5.92 Å². The van der Waals surface area contributed by atoms with E-state index in [0.29, 0.717) is 5.75 Å². The Kier molecular flexibility index (Phi) is 4.92. The predicted molar refractivity (Wildman–Crippen MR) is 76.6 cm³/mol. The lowest BCUT2D eigenvalue weighted by molar-refractivity contribution is -0.384. The molecule has 8 nitrogen and oxygen atoms in total. The number of nitro benzene ring substituents is 1. The van der Waals surface area contributed by atoms with Crippen LogP contribution in [-0.2, 0) is 14.3 Å². The Morgan fingerprint density at radius 2 is 2.14 bits per heavy atom. The number of nitrogens with zero attached hydrogens (tertiary/aromatic N) is 1. The van der Waals surface area contributed by atoms with Gasteiger partial charge in [0.05, 0.1) is 24.0 Å². The summed E-state index contributed by atoms with van der Waals surface area (Å²) in [6, 6.07) is 4.06. The monoisotopic (exact) mass is 308 g/mol. The third-order valence-corrected chi connectivity index (χ3v) is 3.46. The highest BCUT2D eigenvalue weighted by Crippen LogP contribution is 2.29. The zero-order chi connectivity index (χ0) is 16.1. The van der Waals surface area contributed by atoms with Gasteiger partial charge in [-0.15, -0.1) is 0 Å². The van der Waals surface area contributed by atoms with Gasteiger partial charge >= 0.3 is 5.97 Å². The number of ether oxygens (including phenoxy) is 2. The Morgan fingerprint density at radius 1 is 1.41 bits per heavy atom. The standard InChI is InChI=1S/C14H16N2O6/c1-21-10-5-6-11(12(7-10)16(19)20)15-13(17)8-22-14(18)9-3-2-4-9/h5-7,9H,2-4,8H2,1H3,(H,15,17). The van der Waals surface area contributed by atoms with Crippen molar-refractivity contribution in [3.8, 4) is 5.75 Å². The lowest BCUT2D eigenvalue weighted by Crippen LogP contribution is -2.28. The summed E-state index contributed by atoms with van der Waals surface area (Å²) in [7, 11) is 1.39. The fraction of sp³-hybridized carbons (Fsp3) is 0.429. The topological polar surface area (TPSA) is 108 Å². The van der Waals surface area contributed by atoms with Crippen molar-refractivity contribution in [1.29, 1.82) is 0 Å². The molecule has 1 aromatic carbocycles. The van der Waals surface area contributed by atoms with Crippen LogP contribution in [-0.4, -0.2) is 30.5 Å². The lowest BCUT2D eigenvalue weighted by atomic mass is 9.86. The van der Waals surface area contributed by atoms with Crippen LogP contribution in [0.15, 0.2) is 18.2 Å². The number of anilines is 1. The number of esters is 1. The fourth-order valence-corrected chi connectivity index (χ4v) is 1.98. The number of methoxy groups -OCH3 is 1. The maximum absolute atomic E-state index is 11.7. The zero-order valence-corrected chi connectivity index (χ0v) is 12.0. The molecule has 1 amide bonds. The number of nitro groups is 1. The van der Waals surface area contributed by atoms with Crippen LogP contribution in [0.2, 0.25) is 0 Å². The molecule has 0 aromatic heterocycles. The predicted octanol–water partition coefficient (Wildman–Crippen LogP) is 1.89. The molecule has 1 aliphatic rings. The number of nitrogens with one attached hydrogen (secondary N) is 1. The highest BCUT2D eigenvalue weighted by molar-refractivity contribution is 5.95. The fourth-order valence-electron chi connectivity index (χ4n) is 1.98. The molecular formula is C14H16N2O6. The number of carbonyl (C=O) groups excluding carboxylic acids is 2. The molecule has 0 unspecified atom stereocenters. The van der Waals surface area contributed by atoms with Crippen LogP contribution >= 0.6 is 0 Å². The van der Waals surface area contributed by atoms with Gasteiger partial charge in [-0.2, -0.15) is 0 Å². The molecule has 1 aromatic rings. The largest absolute Gasteiger partial charge is 0.496 e. The molecular weight excluding hydrogens is 292 g/mol. The van der Waals surface area contributed by atoms with E-state index in [4.69, 9.17) is 9.47 Å². The van der Waals surface area contributed by atoms with E-state index in [1.165, 1.54) is 25.3 Å². The molecule has 0 radical (unpaired) electrons. The summed E-state index contributed by atoms with van der Waals surface area (Å²) in [5.74, 6) is -0.837. The van der Waals surface area contributed by atoms with Crippen molar-refractivity contribution >= 4 is 23.3 Å². The van der Waals surface area contributed by atoms with Crippen molar-refractivity contribution in [3.05, 3.63) is 28.3 Å². The molecule has 8 heteroatoms. The third kappa shape index (κ3) is 3.72. The van der Waals surface area contributed by atoms with Gasteiger partial charge in [-0.05, 0) is 25.0 Å². The van der Waals surface area contributed by atoms with Crippen molar-refractivity contribution in [2.45, 2.75) is 19.3 Å². The average Bonchev–Trinajstić information content (AvgIpc) is 2.43. The van der Waals surface area contributed by atoms with Crippen molar-refractivity contribution in [3.63, 3.8) is 0 Å². The number of benzene rings is 1. The molecule has 0 bridgehead atoms. The molecule has 118 valence electrons. The number of carbonyl (C=O) groups is 2. The quantitative estimate of drug-likeness (QED) is 0.488. The minimum Gasteiger partial charge on any atom is -0.496 e. The van der Waals surface area contributed by atoms with Crippen molar-refractivity contribution in [1.82, 2.24) is 0 Å². The van der Waals surface area contributed by atoms with E-state index < -0.39 is 23.4 Å². The third-order valence-electron chi connectivity index (χ3n) is 3.46. The second-order valence-electron chi connectivity index (χ2n) is 4.92. The van der Waals surface area contributed by atoms with E-state index in [-0.39, 0.29) is 17.3 Å². The summed E-state index contributed by atoms with van der Waals surface area (Å²) in [4.78, 5) is 33.6. The Labute approximate surface area is 126 Å². The lowest BCUT2D eigenvalue weighted by Gasteiger charge is -2.22. The Bertz CT molecular complexity index is 597. The van der Waals surface area contributed by atoms with E-state index >= 15 is 0 Å². The molecule has 0 spiro atoms. The van der Waals surface area contributed by atoms with Crippen LogP contribution in [0.25, 0.3) is 0 Å². The van der Waals surface area contributed by atoms with Gasteiger partial charge in [-0.1, -0.05) is 6.42 Å². The van der Waals surface area contributed by atoms with Gasteiger partial charge in [-0.25, -0.2) is 0 Å². The zero-order valence-electron chi connectivity index (χ0n) is 12.0. The smallest absolute Gasteiger partial charge is 0.309 e. The second-order valence-corrected chi connectivity index (χ2v) is 4.92. The SMILES string of the molecule is COc1ccc(NC(=O)COC(=O)C2CCC2)c([N+](=O)[O-])c1. The van der Waals surface area contributed by atoms with E-state index in [1.54, 1.807) is 0 Å². The number of hydrogen-bond acceptors (Lipinski definition) is 6. The first-order chi connectivity index (χ1) is 10.5. The minimum atomic E-state index is -0.626. The van der Waals surface area contributed by atoms with Crippen LogP contribution in [0, 0.1) is 16.0 Å². The van der Waals surface area contributed by atoms with Crippen molar-refractivity contribution < 1.29 is 24.0 Å². The number of rotatable bonds is 6. The number of amides is 1. The van der Waals surface area contributed by atoms with Crippen LogP contribution in [0.3, 0.4) is 0 Å². The Morgan fingerprint density at radius 3 is 2.68 bits per heavy atom. The molecule has 1 fully saturated rings. The first-order valence-electron chi connectivity index (χ1n) is 6.80. The van der Waals surface area contributed by atoms with Crippen LogP contribution in [0.5, 0.6) is 5.75 Å². The molecule has 1 aliphatic carbocycles. The Balaban J connectivity index is 1.95. The van der Waals surface area contributed by atoms with Gasteiger partial charge in [0.15, 0.2) is 6.61 Å². The molecule has 0 heterocycles. The second kappa shape index (κ2) is 6.88. The van der Waals surface area contributed by atoms with Crippen molar-refractivity contribution in [2.75, 3.05) is 19.0 Å². The van der Waals surface area contributed by atoms with E-state index in [1.807, 2.05) is 0 Å². The van der Waals surface area contributed by atoms with Gasteiger partial charge in [0.1, 0.15) is 11.4 Å². The molecule has 22 heavy (non-hydrogen) atoms. The summed E-state index contributed by atoms with van der Waals surface area (Å²) in [6.07, 6.45) is 2.55. The summed E-state index contributed by atoms with van der Waals surface area (Å²) >= 11 is 0. The normalized spacial score (nSPS) is 13.9. The molecule has 0 saturated heterocycles. The van der Waals surface area contributed by atoms with E-state index in [9.17, 15) is 19.7 Å². The maximum Gasteiger partial charge on any atom is 0.309 e. The minimum absolute atomic E-state index is 0.0236. The first-order valence-corrected chi connectivity index (χ1v) is 6.80. The summed E-state index contributed by atoms with van der Waals surface area (Å²) in [5, 5.41) is 13.3. The Hall–Kier alpha value is -2.64. The summed E-state index contributed by atoms with van der Waals surface area (Å²) in [5.41, 5.74) is -0.270. The molecule has 1 saturated carbocycles. The molecule has 2 rings (SSSR count). The average molecular weight is 308 g/mol. The molecule has 1 N–H and O–H groups in total. The highest BCUT2D eigenvalue weighted by atomic mass is 16.6. The van der Waals surface area contributed by atoms with Gasteiger partial charge in [0.2, 0.25) is 0 Å². The van der Waals surface area contributed by atoms with Gasteiger partial charge in [-0.3, -0.25) is 19.7 Å². The van der Waals surface area contributed by atoms with Crippen LogP contribution < -0.4 is 10.1 Å². The molecule has 0 aliphatic heterocycles. The van der Waals surface area contributed by atoms with Gasteiger partial charge < -0.3 is 14.8 Å². The van der Waals surface area contributed by atoms with Crippen LogP contribution in [0.4, 0.5) is 11.4 Å². The maximum atomic E-state index is 11.7. The summed E-state index contributed by atoms with van der Waals surface area (Å²) < 4.78 is 9.78. The summed E-state index contributed by atoms with van der Waals surface area (Å²) in [6.45, 7) is -0.460. The first kappa shape index (κ1) is 15.7. The van der Waals surface area contributed by atoms with Gasteiger partial charge in [0.25, 0.3) is 11.6 Å². The van der Waals surface area contributed by atoms with E-state index in [2.05, 4.69) is 5.32 Å². The molecule has 0 atom stereocenters. The number of hydrogen-bond donors (Lipinski definition) is 1. The van der Waals surface area contributed by atoms with Gasteiger partial charge in [0, 0.05) is 0 Å².